The average molecular weight is 211 g/mol. The Bertz CT molecular complexity index is 290. The summed E-state index contributed by atoms with van der Waals surface area (Å²) in [6.07, 6.45) is 0.864. The van der Waals surface area contributed by atoms with Crippen LogP contribution >= 0.6 is 11.3 Å². The predicted octanol–water partition coefficient (Wildman–Crippen LogP) is 2.80. The maximum atomic E-state index is 11.7. The number of hydrogen-bond acceptors (Lipinski definition) is 2. The van der Waals surface area contributed by atoms with E-state index >= 15 is 0 Å². The summed E-state index contributed by atoms with van der Waals surface area (Å²) in [5, 5.41) is 4.97. The minimum atomic E-state index is -0.253. The number of carbonyl (C=O) groups excluding carboxylic acids is 1. The molecule has 1 amide bonds. The molecular weight excluding hydrogens is 194 g/mol. The minimum absolute atomic E-state index is 0.133. The first-order valence-corrected chi connectivity index (χ1v) is 5.75. The predicted molar refractivity (Wildman–Crippen MR) is 60.2 cm³/mol. The molecule has 0 atom stereocenters. The van der Waals surface area contributed by atoms with E-state index in [1.54, 1.807) is 11.3 Å². The number of amides is 1. The van der Waals surface area contributed by atoms with Crippen molar-refractivity contribution < 1.29 is 4.79 Å². The van der Waals surface area contributed by atoms with Crippen LogP contribution in [0, 0.1) is 5.41 Å². The van der Waals surface area contributed by atoms with Gasteiger partial charge in [-0.25, -0.2) is 0 Å². The van der Waals surface area contributed by atoms with Gasteiger partial charge in [0.2, 0.25) is 5.91 Å². The smallest absolute Gasteiger partial charge is 0.225 e. The summed E-state index contributed by atoms with van der Waals surface area (Å²) in [5.74, 6) is 0.133. The van der Waals surface area contributed by atoms with Crippen LogP contribution in [0.4, 0.5) is 0 Å². The molecule has 3 heteroatoms. The van der Waals surface area contributed by atoms with Gasteiger partial charge in [0.05, 0.1) is 6.54 Å². The summed E-state index contributed by atoms with van der Waals surface area (Å²) in [6, 6.07) is 4.03. The van der Waals surface area contributed by atoms with Gasteiger partial charge in [-0.1, -0.05) is 26.8 Å². The topological polar surface area (TPSA) is 29.1 Å². The van der Waals surface area contributed by atoms with Crippen molar-refractivity contribution in [2.75, 3.05) is 0 Å². The zero-order valence-corrected chi connectivity index (χ0v) is 9.78. The van der Waals surface area contributed by atoms with Gasteiger partial charge in [0.15, 0.2) is 0 Å². The lowest BCUT2D eigenvalue weighted by Crippen LogP contribution is -2.35. The van der Waals surface area contributed by atoms with Gasteiger partial charge in [0.25, 0.3) is 0 Å². The standard InChI is InChI=1S/C11H17NOS/c1-4-11(2,3)10(13)12-8-9-6-5-7-14-9/h5-7H,4,8H2,1-3H3,(H,12,13). The molecule has 0 radical (unpaired) electrons. The molecule has 1 aromatic rings. The van der Waals surface area contributed by atoms with Crippen molar-refractivity contribution in [1.82, 2.24) is 5.32 Å². The first-order valence-electron chi connectivity index (χ1n) is 4.87. The van der Waals surface area contributed by atoms with Crippen LogP contribution in [0.15, 0.2) is 17.5 Å². The highest BCUT2D eigenvalue weighted by Crippen LogP contribution is 2.19. The van der Waals surface area contributed by atoms with Crippen LogP contribution in [0.25, 0.3) is 0 Å². The lowest BCUT2D eigenvalue weighted by molar-refractivity contribution is -0.129. The number of rotatable bonds is 4. The molecule has 2 nitrogen and oxygen atoms in total. The third-order valence-electron chi connectivity index (χ3n) is 2.50. The number of hydrogen-bond donors (Lipinski definition) is 1. The zero-order chi connectivity index (χ0) is 10.6. The van der Waals surface area contributed by atoms with Crippen molar-refractivity contribution in [3.05, 3.63) is 22.4 Å². The third-order valence-corrected chi connectivity index (χ3v) is 3.38. The number of nitrogens with one attached hydrogen (secondary N) is 1. The van der Waals surface area contributed by atoms with Crippen LogP contribution in [0.1, 0.15) is 32.1 Å². The van der Waals surface area contributed by atoms with Gasteiger partial charge < -0.3 is 5.32 Å². The van der Waals surface area contributed by atoms with Crippen molar-refractivity contribution in [2.45, 2.75) is 33.7 Å². The maximum Gasteiger partial charge on any atom is 0.225 e. The third kappa shape index (κ3) is 2.84. The molecule has 0 aliphatic heterocycles. The van der Waals surface area contributed by atoms with Crippen LogP contribution in [-0.4, -0.2) is 5.91 Å². The summed E-state index contributed by atoms with van der Waals surface area (Å²) < 4.78 is 0. The highest BCUT2D eigenvalue weighted by Gasteiger charge is 2.24. The largest absolute Gasteiger partial charge is 0.351 e. The van der Waals surface area contributed by atoms with Gasteiger partial charge in [-0.15, -0.1) is 11.3 Å². The fraction of sp³-hybridized carbons (Fsp3) is 0.545. The molecule has 78 valence electrons. The molecular formula is C11H17NOS. The van der Waals surface area contributed by atoms with Crippen LogP contribution < -0.4 is 5.32 Å². The zero-order valence-electron chi connectivity index (χ0n) is 8.96. The molecule has 0 fully saturated rings. The molecule has 14 heavy (non-hydrogen) atoms. The summed E-state index contributed by atoms with van der Waals surface area (Å²) in [4.78, 5) is 12.9. The van der Waals surface area contributed by atoms with E-state index in [0.29, 0.717) is 6.54 Å². The highest BCUT2D eigenvalue weighted by atomic mass is 32.1. The van der Waals surface area contributed by atoms with Gasteiger partial charge in [-0.05, 0) is 17.9 Å². The van der Waals surface area contributed by atoms with Gasteiger partial charge in [0.1, 0.15) is 0 Å². The van der Waals surface area contributed by atoms with E-state index in [-0.39, 0.29) is 11.3 Å². The Kier molecular flexibility index (Phi) is 3.69. The Balaban J connectivity index is 2.43. The van der Waals surface area contributed by atoms with Gasteiger partial charge in [-0.3, -0.25) is 4.79 Å². The molecule has 0 aliphatic rings. The Morgan fingerprint density at radius 1 is 1.57 bits per heavy atom. The van der Waals surface area contributed by atoms with E-state index in [1.165, 1.54) is 4.88 Å². The van der Waals surface area contributed by atoms with Crippen molar-refractivity contribution in [3.63, 3.8) is 0 Å². The maximum absolute atomic E-state index is 11.7. The molecule has 1 rings (SSSR count). The Labute approximate surface area is 89.3 Å². The lowest BCUT2D eigenvalue weighted by atomic mass is 9.89. The summed E-state index contributed by atoms with van der Waals surface area (Å²) in [6.45, 7) is 6.62. The fourth-order valence-corrected chi connectivity index (χ4v) is 1.62. The van der Waals surface area contributed by atoms with E-state index in [4.69, 9.17) is 0 Å². The molecule has 0 aliphatic carbocycles. The lowest BCUT2D eigenvalue weighted by Gasteiger charge is -2.21. The number of carbonyl (C=O) groups is 1. The molecule has 0 aromatic carbocycles. The Morgan fingerprint density at radius 2 is 2.29 bits per heavy atom. The van der Waals surface area contributed by atoms with E-state index < -0.39 is 0 Å². The van der Waals surface area contributed by atoms with Crippen molar-refractivity contribution in [2.24, 2.45) is 5.41 Å². The second-order valence-corrected chi connectivity index (χ2v) is 5.03. The Hall–Kier alpha value is -0.830. The molecule has 0 spiro atoms. The molecule has 0 saturated heterocycles. The molecule has 0 unspecified atom stereocenters. The van der Waals surface area contributed by atoms with Crippen LogP contribution in [0.2, 0.25) is 0 Å². The monoisotopic (exact) mass is 211 g/mol. The average Bonchev–Trinajstić information content (AvgIpc) is 2.66. The van der Waals surface area contributed by atoms with Crippen LogP contribution in [0.5, 0.6) is 0 Å². The van der Waals surface area contributed by atoms with E-state index in [1.807, 2.05) is 38.3 Å². The van der Waals surface area contributed by atoms with E-state index in [9.17, 15) is 4.79 Å². The van der Waals surface area contributed by atoms with Crippen LogP contribution in [0.3, 0.4) is 0 Å². The first-order chi connectivity index (χ1) is 6.56. The van der Waals surface area contributed by atoms with Crippen molar-refractivity contribution in [3.8, 4) is 0 Å². The quantitative estimate of drug-likeness (QED) is 0.815. The normalized spacial score (nSPS) is 11.4. The van der Waals surface area contributed by atoms with Crippen LogP contribution in [-0.2, 0) is 11.3 Å². The Morgan fingerprint density at radius 3 is 2.79 bits per heavy atom. The van der Waals surface area contributed by atoms with Gasteiger partial charge in [0, 0.05) is 10.3 Å². The highest BCUT2D eigenvalue weighted by molar-refractivity contribution is 7.09. The summed E-state index contributed by atoms with van der Waals surface area (Å²) in [7, 11) is 0. The summed E-state index contributed by atoms with van der Waals surface area (Å²) in [5.41, 5.74) is -0.253. The van der Waals surface area contributed by atoms with Crippen molar-refractivity contribution in [1.29, 1.82) is 0 Å². The van der Waals surface area contributed by atoms with E-state index in [2.05, 4.69) is 5.32 Å². The number of thiophene rings is 1. The SMILES string of the molecule is CCC(C)(C)C(=O)NCc1cccs1. The second kappa shape index (κ2) is 4.60. The van der Waals surface area contributed by atoms with Crippen molar-refractivity contribution >= 4 is 17.2 Å². The fourth-order valence-electron chi connectivity index (χ4n) is 0.980. The molecule has 1 N–H and O–H groups in total. The second-order valence-electron chi connectivity index (χ2n) is 4.00. The molecule has 0 saturated carbocycles. The molecule has 1 heterocycles. The van der Waals surface area contributed by atoms with E-state index in [0.717, 1.165) is 6.42 Å². The molecule has 1 aromatic heterocycles. The van der Waals surface area contributed by atoms with Gasteiger partial charge >= 0.3 is 0 Å². The summed E-state index contributed by atoms with van der Waals surface area (Å²) >= 11 is 1.67. The molecule has 0 bridgehead atoms. The minimum Gasteiger partial charge on any atom is -0.351 e. The van der Waals surface area contributed by atoms with Gasteiger partial charge in [-0.2, -0.15) is 0 Å². The first kappa shape index (κ1) is 11.2.